The van der Waals surface area contributed by atoms with Crippen LogP contribution in [0.3, 0.4) is 0 Å². The number of hydrogen-bond donors (Lipinski definition) is 2. The largest absolute Gasteiger partial charge is 0.395 e. The molecule has 0 heterocycles. The lowest BCUT2D eigenvalue weighted by Gasteiger charge is -2.12. The number of rotatable bonds is 9. The zero-order valence-electron chi connectivity index (χ0n) is 8.88. The molecule has 0 aliphatic heterocycles. The van der Waals surface area contributed by atoms with Crippen molar-refractivity contribution in [2.45, 2.75) is 38.6 Å². The molecule has 0 saturated heterocycles. The maximum Gasteiger partial charge on any atom is 0.0641 e. The molecule has 2 N–H and O–H groups in total. The first-order chi connectivity index (χ1) is 6.35. The highest BCUT2D eigenvalue weighted by Gasteiger charge is 2.02. The average Bonchev–Trinajstić information content (AvgIpc) is 2.17. The lowest BCUT2D eigenvalue weighted by atomic mass is 10.2. The monoisotopic (exact) mass is 189 g/mol. The molecule has 0 rings (SSSR count). The van der Waals surface area contributed by atoms with Gasteiger partial charge in [-0.05, 0) is 13.5 Å². The Morgan fingerprint density at radius 3 is 2.62 bits per heavy atom. The van der Waals surface area contributed by atoms with Crippen LogP contribution >= 0.6 is 0 Å². The van der Waals surface area contributed by atoms with Crippen LogP contribution in [0.15, 0.2) is 0 Å². The Balaban J connectivity index is 3.05. The first-order valence-corrected chi connectivity index (χ1v) is 5.21. The van der Waals surface area contributed by atoms with Crippen molar-refractivity contribution in [3.63, 3.8) is 0 Å². The van der Waals surface area contributed by atoms with E-state index in [-0.39, 0.29) is 12.6 Å². The predicted octanol–water partition coefficient (Wildman–Crippen LogP) is 1.16. The van der Waals surface area contributed by atoms with E-state index >= 15 is 0 Å². The number of hydrogen-bond acceptors (Lipinski definition) is 3. The fraction of sp³-hybridized carbons (Fsp3) is 1.00. The third-order valence-electron chi connectivity index (χ3n) is 2.09. The minimum atomic E-state index is 0.0891. The van der Waals surface area contributed by atoms with Crippen molar-refractivity contribution < 1.29 is 9.84 Å². The lowest BCUT2D eigenvalue weighted by molar-refractivity contribution is 0.0887. The Bertz CT molecular complexity index is 94.9. The molecule has 3 heteroatoms. The summed E-state index contributed by atoms with van der Waals surface area (Å²) in [4.78, 5) is 0. The van der Waals surface area contributed by atoms with Crippen molar-refractivity contribution >= 4 is 0 Å². The van der Waals surface area contributed by atoms with Crippen molar-refractivity contribution in [1.82, 2.24) is 5.32 Å². The van der Waals surface area contributed by atoms with Gasteiger partial charge in [-0.15, -0.1) is 0 Å². The van der Waals surface area contributed by atoms with E-state index < -0.39 is 0 Å². The maximum atomic E-state index is 8.82. The summed E-state index contributed by atoms with van der Waals surface area (Å²) in [6.07, 6.45) is 4.93. The number of aliphatic hydroxyl groups is 1. The molecule has 0 spiro atoms. The quantitative estimate of drug-likeness (QED) is 0.535. The minimum Gasteiger partial charge on any atom is -0.395 e. The molecule has 1 atom stereocenters. The number of ether oxygens (including phenoxy) is 1. The van der Waals surface area contributed by atoms with Gasteiger partial charge in [0.25, 0.3) is 0 Å². The van der Waals surface area contributed by atoms with Crippen LogP contribution in [0.5, 0.6) is 0 Å². The molecular formula is C10H23NO2. The van der Waals surface area contributed by atoms with E-state index in [0.29, 0.717) is 6.61 Å². The molecular weight excluding hydrogens is 166 g/mol. The van der Waals surface area contributed by atoms with Crippen LogP contribution in [0.4, 0.5) is 0 Å². The van der Waals surface area contributed by atoms with Gasteiger partial charge in [-0.1, -0.05) is 26.2 Å². The Hall–Kier alpha value is -0.120. The number of likely N-dealkylation sites (N-methyl/N-ethyl adjacent to an activating group) is 1. The fourth-order valence-electron chi connectivity index (χ4n) is 1.08. The topological polar surface area (TPSA) is 41.5 Å². The molecule has 0 amide bonds. The SMILES string of the molecule is CCCCCCOCC(CO)NC. The Morgan fingerprint density at radius 1 is 1.31 bits per heavy atom. The molecule has 0 aromatic heterocycles. The van der Waals surface area contributed by atoms with Gasteiger partial charge in [0.05, 0.1) is 19.3 Å². The summed E-state index contributed by atoms with van der Waals surface area (Å²) in [7, 11) is 1.83. The molecule has 0 aliphatic rings. The van der Waals surface area contributed by atoms with Crippen molar-refractivity contribution in [2.24, 2.45) is 0 Å². The second-order valence-corrected chi connectivity index (χ2v) is 3.30. The molecule has 0 radical (unpaired) electrons. The van der Waals surface area contributed by atoms with Gasteiger partial charge in [0, 0.05) is 6.61 Å². The highest BCUT2D eigenvalue weighted by molar-refractivity contribution is 4.59. The highest BCUT2D eigenvalue weighted by atomic mass is 16.5. The van der Waals surface area contributed by atoms with Gasteiger partial charge in [0.15, 0.2) is 0 Å². The number of unbranched alkanes of at least 4 members (excludes halogenated alkanes) is 3. The van der Waals surface area contributed by atoms with E-state index in [9.17, 15) is 0 Å². The maximum absolute atomic E-state index is 8.82. The first-order valence-electron chi connectivity index (χ1n) is 5.21. The minimum absolute atomic E-state index is 0.0891. The molecule has 0 saturated carbocycles. The summed E-state index contributed by atoms with van der Waals surface area (Å²) >= 11 is 0. The van der Waals surface area contributed by atoms with Crippen molar-refractivity contribution in [2.75, 3.05) is 26.9 Å². The molecule has 80 valence electrons. The average molecular weight is 189 g/mol. The summed E-state index contributed by atoms with van der Waals surface area (Å²) in [6, 6.07) is 0.0891. The van der Waals surface area contributed by atoms with E-state index in [4.69, 9.17) is 9.84 Å². The Kier molecular flexibility index (Phi) is 9.87. The van der Waals surface area contributed by atoms with Gasteiger partial charge < -0.3 is 15.2 Å². The summed E-state index contributed by atoms with van der Waals surface area (Å²) < 4.78 is 5.40. The molecule has 3 nitrogen and oxygen atoms in total. The van der Waals surface area contributed by atoms with Crippen LogP contribution in [0.1, 0.15) is 32.6 Å². The van der Waals surface area contributed by atoms with Crippen molar-refractivity contribution in [3.8, 4) is 0 Å². The van der Waals surface area contributed by atoms with Crippen molar-refractivity contribution in [1.29, 1.82) is 0 Å². The smallest absolute Gasteiger partial charge is 0.0641 e. The predicted molar refractivity (Wildman–Crippen MR) is 54.9 cm³/mol. The van der Waals surface area contributed by atoms with Crippen LogP contribution in [-0.4, -0.2) is 38.0 Å². The van der Waals surface area contributed by atoms with Gasteiger partial charge in [0.2, 0.25) is 0 Å². The van der Waals surface area contributed by atoms with E-state index in [0.717, 1.165) is 13.0 Å². The van der Waals surface area contributed by atoms with Gasteiger partial charge in [-0.25, -0.2) is 0 Å². The lowest BCUT2D eigenvalue weighted by Crippen LogP contribution is -2.33. The van der Waals surface area contributed by atoms with Crippen molar-refractivity contribution in [3.05, 3.63) is 0 Å². The van der Waals surface area contributed by atoms with Crippen LogP contribution in [0.2, 0.25) is 0 Å². The first kappa shape index (κ1) is 12.9. The molecule has 0 aromatic carbocycles. The van der Waals surface area contributed by atoms with E-state index in [2.05, 4.69) is 12.2 Å². The normalized spacial score (nSPS) is 13.2. The second-order valence-electron chi connectivity index (χ2n) is 3.30. The van der Waals surface area contributed by atoms with Crippen LogP contribution in [-0.2, 0) is 4.74 Å². The molecule has 0 aromatic rings. The molecule has 1 unspecified atom stereocenters. The fourth-order valence-corrected chi connectivity index (χ4v) is 1.08. The van der Waals surface area contributed by atoms with Crippen LogP contribution in [0.25, 0.3) is 0 Å². The Labute approximate surface area is 81.5 Å². The second kappa shape index (κ2) is 9.96. The molecule has 0 bridgehead atoms. The van der Waals surface area contributed by atoms with Gasteiger partial charge in [0.1, 0.15) is 0 Å². The standard InChI is InChI=1S/C10H23NO2/c1-3-4-5-6-7-13-9-10(8-12)11-2/h10-12H,3-9H2,1-2H3. The van der Waals surface area contributed by atoms with E-state index in [1.807, 2.05) is 7.05 Å². The van der Waals surface area contributed by atoms with Crippen LogP contribution in [0, 0.1) is 0 Å². The van der Waals surface area contributed by atoms with Crippen LogP contribution < -0.4 is 5.32 Å². The number of aliphatic hydroxyl groups excluding tert-OH is 1. The van der Waals surface area contributed by atoms with E-state index in [1.54, 1.807) is 0 Å². The summed E-state index contributed by atoms with van der Waals surface area (Å²) in [5.74, 6) is 0. The van der Waals surface area contributed by atoms with Gasteiger partial charge in [-0.3, -0.25) is 0 Å². The molecule has 0 fully saturated rings. The molecule has 0 aliphatic carbocycles. The highest BCUT2D eigenvalue weighted by Crippen LogP contribution is 1.98. The Morgan fingerprint density at radius 2 is 2.08 bits per heavy atom. The summed E-state index contributed by atoms with van der Waals surface area (Å²) in [5.41, 5.74) is 0. The zero-order valence-corrected chi connectivity index (χ0v) is 8.88. The summed E-state index contributed by atoms with van der Waals surface area (Å²) in [5, 5.41) is 11.8. The zero-order chi connectivity index (χ0) is 9.94. The van der Waals surface area contributed by atoms with Gasteiger partial charge >= 0.3 is 0 Å². The number of nitrogens with one attached hydrogen (secondary N) is 1. The summed E-state index contributed by atoms with van der Waals surface area (Å²) in [6.45, 7) is 3.77. The molecule has 13 heavy (non-hydrogen) atoms. The van der Waals surface area contributed by atoms with Gasteiger partial charge in [-0.2, -0.15) is 0 Å². The third kappa shape index (κ3) is 8.22. The van der Waals surface area contributed by atoms with E-state index in [1.165, 1.54) is 19.3 Å². The third-order valence-corrected chi connectivity index (χ3v) is 2.09.